The second-order valence-electron chi connectivity index (χ2n) is 2.64. The van der Waals surface area contributed by atoms with E-state index in [9.17, 15) is 8.78 Å². The Hall–Kier alpha value is -1.07. The molecule has 0 fully saturated rings. The lowest BCUT2D eigenvalue weighted by molar-refractivity contribution is 0.274. The molecule has 1 unspecified atom stereocenters. The third-order valence-electron chi connectivity index (χ3n) is 1.70. The summed E-state index contributed by atoms with van der Waals surface area (Å²) in [6, 6.07) is -0.826. The largest absolute Gasteiger partial charge is 0.396 e. The van der Waals surface area contributed by atoms with E-state index >= 15 is 0 Å². The first-order chi connectivity index (χ1) is 6.16. The van der Waals surface area contributed by atoms with Gasteiger partial charge in [0.05, 0.1) is 12.4 Å². The Morgan fingerprint density at radius 2 is 1.92 bits per heavy atom. The van der Waals surface area contributed by atoms with Crippen molar-refractivity contribution < 1.29 is 13.9 Å². The summed E-state index contributed by atoms with van der Waals surface area (Å²) in [4.78, 5) is 3.32. The zero-order valence-electron chi connectivity index (χ0n) is 6.87. The highest BCUT2D eigenvalue weighted by Crippen LogP contribution is 2.19. The molecule has 0 aromatic carbocycles. The Morgan fingerprint density at radius 3 is 2.38 bits per heavy atom. The van der Waals surface area contributed by atoms with Gasteiger partial charge in [0.2, 0.25) is 0 Å². The number of halogens is 2. The van der Waals surface area contributed by atoms with Crippen LogP contribution in [0.1, 0.15) is 18.0 Å². The van der Waals surface area contributed by atoms with E-state index in [0.717, 1.165) is 12.4 Å². The molecular weight excluding hydrogens is 178 g/mol. The molecule has 0 saturated heterocycles. The number of pyridine rings is 1. The van der Waals surface area contributed by atoms with E-state index in [-0.39, 0.29) is 18.6 Å². The van der Waals surface area contributed by atoms with Crippen molar-refractivity contribution in [1.29, 1.82) is 0 Å². The van der Waals surface area contributed by atoms with Gasteiger partial charge >= 0.3 is 0 Å². The van der Waals surface area contributed by atoms with Crippen LogP contribution in [0.5, 0.6) is 0 Å². The van der Waals surface area contributed by atoms with Crippen LogP contribution in [0.2, 0.25) is 0 Å². The van der Waals surface area contributed by atoms with Crippen molar-refractivity contribution in [3.8, 4) is 0 Å². The molecule has 1 atom stereocenters. The van der Waals surface area contributed by atoms with Crippen LogP contribution in [-0.2, 0) is 0 Å². The quantitative estimate of drug-likeness (QED) is 0.735. The molecule has 1 rings (SSSR count). The minimum absolute atomic E-state index is 0.123. The van der Waals surface area contributed by atoms with Gasteiger partial charge in [-0.15, -0.1) is 0 Å². The van der Waals surface area contributed by atoms with Gasteiger partial charge in [-0.3, -0.25) is 4.98 Å². The molecule has 72 valence electrons. The summed E-state index contributed by atoms with van der Waals surface area (Å²) in [6.07, 6.45) is 1.92. The number of aromatic nitrogens is 1. The third-order valence-corrected chi connectivity index (χ3v) is 1.70. The van der Waals surface area contributed by atoms with Gasteiger partial charge in [0.1, 0.15) is 11.6 Å². The fraction of sp³-hybridized carbons (Fsp3) is 0.375. The maximum absolute atomic E-state index is 13.0. The lowest BCUT2D eigenvalue weighted by Gasteiger charge is -2.11. The van der Waals surface area contributed by atoms with E-state index < -0.39 is 17.7 Å². The van der Waals surface area contributed by atoms with Crippen molar-refractivity contribution in [2.45, 2.75) is 12.5 Å². The normalized spacial score (nSPS) is 12.9. The zero-order valence-corrected chi connectivity index (χ0v) is 6.87. The number of nitrogens with zero attached hydrogens (tertiary/aromatic N) is 1. The summed E-state index contributed by atoms with van der Waals surface area (Å²) < 4.78 is 25.9. The van der Waals surface area contributed by atoms with Crippen molar-refractivity contribution in [1.82, 2.24) is 4.98 Å². The van der Waals surface area contributed by atoms with Crippen LogP contribution in [0.4, 0.5) is 8.78 Å². The van der Waals surface area contributed by atoms with Crippen LogP contribution in [0.3, 0.4) is 0 Å². The summed E-state index contributed by atoms with van der Waals surface area (Å²) in [5.74, 6) is -1.55. The van der Waals surface area contributed by atoms with Gasteiger partial charge in [-0.05, 0) is 6.42 Å². The summed E-state index contributed by atoms with van der Waals surface area (Å²) in [6.45, 7) is -0.206. The van der Waals surface area contributed by atoms with Crippen LogP contribution in [-0.4, -0.2) is 16.7 Å². The van der Waals surface area contributed by atoms with E-state index in [0.29, 0.717) is 0 Å². The molecular formula is C8H10F2N2O. The zero-order chi connectivity index (χ0) is 9.84. The van der Waals surface area contributed by atoms with Gasteiger partial charge in [0.15, 0.2) is 0 Å². The molecule has 1 aromatic heterocycles. The minimum atomic E-state index is -0.826. The van der Waals surface area contributed by atoms with Crippen LogP contribution in [0.15, 0.2) is 12.4 Å². The Bertz CT molecular complexity index is 273. The van der Waals surface area contributed by atoms with Gasteiger partial charge < -0.3 is 10.8 Å². The number of aliphatic hydroxyl groups is 1. The third kappa shape index (κ3) is 2.19. The van der Waals surface area contributed by atoms with Gasteiger partial charge in [-0.25, -0.2) is 8.78 Å². The number of hydrogen-bond acceptors (Lipinski definition) is 3. The fourth-order valence-corrected chi connectivity index (χ4v) is 1.06. The highest BCUT2D eigenvalue weighted by Gasteiger charge is 2.16. The lowest BCUT2D eigenvalue weighted by Crippen LogP contribution is -2.15. The average molecular weight is 188 g/mol. The van der Waals surface area contributed by atoms with Gasteiger partial charge in [-0.2, -0.15) is 0 Å². The van der Waals surface area contributed by atoms with Gasteiger partial charge in [0, 0.05) is 18.2 Å². The monoisotopic (exact) mass is 188 g/mol. The van der Waals surface area contributed by atoms with E-state index in [4.69, 9.17) is 10.8 Å². The molecule has 3 N–H and O–H groups in total. The first-order valence-corrected chi connectivity index (χ1v) is 3.82. The summed E-state index contributed by atoms with van der Waals surface area (Å²) >= 11 is 0. The Kier molecular flexibility index (Phi) is 3.27. The number of hydrogen-bond donors (Lipinski definition) is 2. The number of nitrogens with two attached hydrogens (primary N) is 1. The van der Waals surface area contributed by atoms with Gasteiger partial charge in [-0.1, -0.05) is 0 Å². The lowest BCUT2D eigenvalue weighted by atomic mass is 10.1. The Labute approximate surface area is 74.2 Å². The average Bonchev–Trinajstić information content (AvgIpc) is 2.04. The van der Waals surface area contributed by atoms with Crippen molar-refractivity contribution in [2.75, 3.05) is 6.61 Å². The maximum Gasteiger partial charge on any atom is 0.149 e. The van der Waals surface area contributed by atoms with E-state index in [1.807, 2.05) is 0 Å². The van der Waals surface area contributed by atoms with Crippen molar-refractivity contribution in [2.24, 2.45) is 5.73 Å². The van der Waals surface area contributed by atoms with Crippen LogP contribution in [0, 0.1) is 11.6 Å². The molecule has 0 aliphatic rings. The van der Waals surface area contributed by atoms with E-state index in [1.54, 1.807) is 0 Å². The number of aliphatic hydroxyl groups excluding tert-OH is 1. The fourth-order valence-electron chi connectivity index (χ4n) is 1.06. The summed E-state index contributed by atoms with van der Waals surface area (Å²) in [7, 11) is 0. The highest BCUT2D eigenvalue weighted by atomic mass is 19.1. The van der Waals surface area contributed by atoms with E-state index in [2.05, 4.69) is 4.98 Å². The standard InChI is InChI=1S/C8H10F2N2O/c9-5-3-12-4-6(10)8(5)7(11)1-2-13/h3-4,7,13H,1-2,11H2. The molecule has 0 aliphatic carbocycles. The van der Waals surface area contributed by atoms with Crippen LogP contribution < -0.4 is 5.73 Å². The van der Waals surface area contributed by atoms with E-state index in [1.165, 1.54) is 0 Å². The smallest absolute Gasteiger partial charge is 0.149 e. The molecule has 13 heavy (non-hydrogen) atoms. The van der Waals surface area contributed by atoms with Crippen molar-refractivity contribution in [3.63, 3.8) is 0 Å². The molecule has 0 bridgehead atoms. The SMILES string of the molecule is NC(CCO)c1c(F)cncc1F. The highest BCUT2D eigenvalue weighted by molar-refractivity contribution is 5.18. The summed E-state index contributed by atoms with van der Waals surface area (Å²) in [5, 5.41) is 8.54. The topological polar surface area (TPSA) is 59.1 Å². The number of rotatable bonds is 3. The molecule has 0 radical (unpaired) electrons. The first-order valence-electron chi connectivity index (χ1n) is 3.82. The molecule has 3 nitrogen and oxygen atoms in total. The molecule has 1 heterocycles. The Balaban J connectivity index is 2.98. The molecule has 0 saturated carbocycles. The van der Waals surface area contributed by atoms with Crippen LogP contribution in [0.25, 0.3) is 0 Å². The molecule has 1 aromatic rings. The predicted molar refractivity (Wildman–Crippen MR) is 42.8 cm³/mol. The second kappa shape index (κ2) is 4.25. The second-order valence-corrected chi connectivity index (χ2v) is 2.64. The summed E-state index contributed by atoms with van der Waals surface area (Å²) in [5.41, 5.74) is 5.22. The molecule has 0 spiro atoms. The first kappa shape index (κ1) is 10.0. The predicted octanol–water partition coefficient (Wildman–Crippen LogP) is 0.742. The Morgan fingerprint density at radius 1 is 1.38 bits per heavy atom. The molecule has 5 heteroatoms. The maximum atomic E-state index is 13.0. The molecule has 0 aliphatic heterocycles. The molecule has 0 amide bonds. The van der Waals surface area contributed by atoms with Crippen molar-refractivity contribution >= 4 is 0 Å². The minimum Gasteiger partial charge on any atom is -0.396 e. The van der Waals surface area contributed by atoms with Crippen molar-refractivity contribution in [3.05, 3.63) is 29.6 Å². The van der Waals surface area contributed by atoms with Crippen LogP contribution >= 0.6 is 0 Å². The van der Waals surface area contributed by atoms with Gasteiger partial charge in [0.25, 0.3) is 0 Å².